The molecule has 0 aromatic heterocycles. The number of anilines is 1. The van der Waals surface area contributed by atoms with Gasteiger partial charge in [-0.05, 0) is 50.9 Å². The van der Waals surface area contributed by atoms with Crippen LogP contribution in [0.4, 0.5) is 10.5 Å². The number of imide groups is 1. The number of benzene rings is 1. The monoisotopic (exact) mass is 363 g/mol. The lowest BCUT2D eigenvalue weighted by molar-refractivity contribution is -0.120. The molecule has 1 unspecified atom stereocenters. The Morgan fingerprint density at radius 1 is 1.29 bits per heavy atom. The zero-order valence-corrected chi connectivity index (χ0v) is 12.1. The van der Waals surface area contributed by atoms with Crippen LogP contribution in [0, 0.1) is 0 Å². The van der Waals surface area contributed by atoms with E-state index < -0.39 is 18.0 Å². The lowest BCUT2D eigenvalue weighted by atomic mass is 10.2. The second kappa shape index (κ2) is 6.02. The fourth-order valence-corrected chi connectivity index (χ4v) is 2.37. The molecule has 1 aromatic rings. The van der Waals surface area contributed by atoms with Gasteiger partial charge in [0, 0.05) is 8.95 Å². The molecular formula is C10H11Br2N3O2. The average molecular weight is 365 g/mol. The number of rotatable bonds is 3. The second-order valence-electron chi connectivity index (χ2n) is 3.32. The fourth-order valence-electron chi connectivity index (χ4n) is 1.15. The van der Waals surface area contributed by atoms with Crippen molar-refractivity contribution in [1.82, 2.24) is 5.32 Å². The van der Waals surface area contributed by atoms with Gasteiger partial charge in [0.2, 0.25) is 5.91 Å². The van der Waals surface area contributed by atoms with Gasteiger partial charge >= 0.3 is 6.03 Å². The first-order valence-electron chi connectivity index (χ1n) is 4.72. The molecule has 0 aliphatic heterocycles. The van der Waals surface area contributed by atoms with Crippen LogP contribution < -0.4 is 16.4 Å². The molecule has 0 spiro atoms. The van der Waals surface area contributed by atoms with Gasteiger partial charge in [-0.25, -0.2) is 4.79 Å². The maximum Gasteiger partial charge on any atom is 0.318 e. The molecular weight excluding hydrogens is 354 g/mol. The Hall–Kier alpha value is -1.08. The Bertz CT molecular complexity index is 431. The minimum absolute atomic E-state index is 0.486. The summed E-state index contributed by atoms with van der Waals surface area (Å²) in [5.41, 5.74) is 5.60. The molecule has 5 nitrogen and oxygen atoms in total. The number of primary amides is 1. The Balaban J connectivity index is 2.77. The summed E-state index contributed by atoms with van der Waals surface area (Å²) in [5, 5.41) is 4.98. The van der Waals surface area contributed by atoms with Gasteiger partial charge in [0.1, 0.15) is 6.04 Å². The maximum atomic E-state index is 11.5. The fraction of sp³-hybridized carbons (Fsp3) is 0.200. The van der Waals surface area contributed by atoms with E-state index in [4.69, 9.17) is 5.73 Å². The Kier molecular flexibility index (Phi) is 4.95. The Morgan fingerprint density at radius 3 is 2.29 bits per heavy atom. The van der Waals surface area contributed by atoms with Gasteiger partial charge in [0.15, 0.2) is 0 Å². The summed E-state index contributed by atoms with van der Waals surface area (Å²) in [4.78, 5) is 22.0. The van der Waals surface area contributed by atoms with Crippen LogP contribution in [0.3, 0.4) is 0 Å². The smallest absolute Gasteiger partial charge is 0.318 e. The van der Waals surface area contributed by atoms with Crippen molar-refractivity contribution in [1.29, 1.82) is 0 Å². The van der Waals surface area contributed by atoms with Gasteiger partial charge in [-0.2, -0.15) is 0 Å². The molecule has 0 heterocycles. The lowest BCUT2D eigenvalue weighted by Gasteiger charge is -2.16. The number of carbonyl (C=O) groups excluding carboxylic acids is 2. The average Bonchev–Trinajstić information content (AvgIpc) is 2.22. The van der Waals surface area contributed by atoms with Gasteiger partial charge in [-0.3, -0.25) is 10.1 Å². The highest BCUT2D eigenvalue weighted by Gasteiger charge is 2.16. The maximum absolute atomic E-state index is 11.5. The third-order valence-corrected chi connectivity index (χ3v) is 3.28. The van der Waals surface area contributed by atoms with Crippen molar-refractivity contribution in [2.24, 2.45) is 5.73 Å². The van der Waals surface area contributed by atoms with Gasteiger partial charge in [0.25, 0.3) is 0 Å². The second-order valence-corrected chi connectivity index (χ2v) is 5.02. The van der Waals surface area contributed by atoms with Crippen LogP contribution in [0.2, 0.25) is 0 Å². The van der Waals surface area contributed by atoms with Gasteiger partial charge < -0.3 is 11.1 Å². The predicted molar refractivity (Wildman–Crippen MR) is 72.7 cm³/mol. The van der Waals surface area contributed by atoms with E-state index in [1.807, 2.05) is 23.5 Å². The zero-order chi connectivity index (χ0) is 13.0. The van der Waals surface area contributed by atoms with E-state index >= 15 is 0 Å². The number of carbonyl (C=O) groups is 2. The van der Waals surface area contributed by atoms with Crippen molar-refractivity contribution in [3.8, 4) is 0 Å². The first kappa shape index (κ1) is 14.0. The molecule has 0 radical (unpaired) electrons. The van der Waals surface area contributed by atoms with Crippen LogP contribution >= 0.6 is 31.9 Å². The van der Waals surface area contributed by atoms with E-state index in [2.05, 4.69) is 37.2 Å². The highest BCUT2D eigenvalue weighted by atomic mass is 79.9. The molecule has 1 atom stereocenters. The highest BCUT2D eigenvalue weighted by Crippen LogP contribution is 2.30. The summed E-state index contributed by atoms with van der Waals surface area (Å²) in [6.07, 6.45) is 0. The molecule has 3 amide bonds. The number of hydrogen-bond donors (Lipinski definition) is 3. The van der Waals surface area contributed by atoms with Gasteiger partial charge in [0.05, 0.1) is 5.69 Å². The van der Waals surface area contributed by atoms with Crippen LogP contribution in [0.5, 0.6) is 0 Å². The van der Waals surface area contributed by atoms with E-state index in [0.29, 0.717) is 0 Å². The van der Waals surface area contributed by atoms with Crippen LogP contribution in [-0.2, 0) is 4.79 Å². The summed E-state index contributed by atoms with van der Waals surface area (Å²) in [5.74, 6) is -0.486. The van der Waals surface area contributed by atoms with E-state index in [0.717, 1.165) is 14.6 Å². The van der Waals surface area contributed by atoms with E-state index in [-0.39, 0.29) is 0 Å². The Morgan fingerprint density at radius 2 is 1.82 bits per heavy atom. The number of para-hydroxylation sites is 1. The molecule has 0 fully saturated rings. The molecule has 1 aromatic carbocycles. The summed E-state index contributed by atoms with van der Waals surface area (Å²) in [7, 11) is 0. The number of amides is 3. The predicted octanol–water partition coefficient (Wildman–Crippen LogP) is 2.21. The van der Waals surface area contributed by atoms with Crippen LogP contribution in [0.25, 0.3) is 0 Å². The highest BCUT2D eigenvalue weighted by molar-refractivity contribution is 9.11. The minimum atomic E-state index is -0.866. The quantitative estimate of drug-likeness (QED) is 0.768. The van der Waals surface area contributed by atoms with E-state index in [1.54, 1.807) is 6.92 Å². The largest absolute Gasteiger partial charge is 0.372 e. The molecule has 0 aliphatic rings. The van der Waals surface area contributed by atoms with Gasteiger partial charge in [-0.1, -0.05) is 6.07 Å². The Labute approximate surface area is 115 Å². The van der Waals surface area contributed by atoms with Crippen LogP contribution in [0.1, 0.15) is 6.92 Å². The van der Waals surface area contributed by atoms with Crippen molar-refractivity contribution in [3.05, 3.63) is 27.1 Å². The number of halogens is 2. The summed E-state index contributed by atoms with van der Waals surface area (Å²) in [6.45, 7) is 1.63. The molecule has 0 aliphatic carbocycles. The molecule has 17 heavy (non-hydrogen) atoms. The lowest BCUT2D eigenvalue weighted by Crippen LogP contribution is -2.43. The number of nitrogens with one attached hydrogen (secondary N) is 2. The molecule has 4 N–H and O–H groups in total. The number of hydrogen-bond acceptors (Lipinski definition) is 3. The van der Waals surface area contributed by atoms with Crippen molar-refractivity contribution in [2.45, 2.75) is 13.0 Å². The summed E-state index contributed by atoms with van der Waals surface area (Å²) >= 11 is 6.72. The summed E-state index contributed by atoms with van der Waals surface area (Å²) in [6, 6.07) is 4.08. The minimum Gasteiger partial charge on any atom is -0.372 e. The van der Waals surface area contributed by atoms with Crippen LogP contribution in [-0.4, -0.2) is 18.0 Å². The van der Waals surface area contributed by atoms with Gasteiger partial charge in [-0.15, -0.1) is 0 Å². The zero-order valence-electron chi connectivity index (χ0n) is 8.96. The van der Waals surface area contributed by atoms with Crippen molar-refractivity contribution < 1.29 is 9.59 Å². The van der Waals surface area contributed by atoms with Crippen LogP contribution in [0.15, 0.2) is 27.1 Å². The SMILES string of the molecule is CC(Nc1c(Br)cccc1Br)C(=O)NC(N)=O. The number of nitrogens with two attached hydrogens (primary N) is 1. The first-order valence-corrected chi connectivity index (χ1v) is 6.31. The van der Waals surface area contributed by atoms with Crippen molar-refractivity contribution in [2.75, 3.05) is 5.32 Å². The van der Waals surface area contributed by atoms with Crippen molar-refractivity contribution >= 4 is 49.5 Å². The van der Waals surface area contributed by atoms with E-state index in [1.165, 1.54) is 0 Å². The molecule has 0 bridgehead atoms. The van der Waals surface area contributed by atoms with E-state index in [9.17, 15) is 9.59 Å². The van der Waals surface area contributed by atoms with Crippen molar-refractivity contribution in [3.63, 3.8) is 0 Å². The molecule has 0 saturated carbocycles. The molecule has 0 saturated heterocycles. The summed E-state index contributed by atoms with van der Waals surface area (Å²) < 4.78 is 1.62. The first-order chi connectivity index (χ1) is 7.91. The molecule has 1 rings (SSSR count). The third-order valence-electron chi connectivity index (χ3n) is 1.96. The standard InChI is InChI=1S/C10H11Br2N3O2/c1-5(9(16)15-10(13)17)14-8-6(11)3-2-4-7(8)12/h2-5,14H,1H3,(H3,13,15,16,17). The topological polar surface area (TPSA) is 84.2 Å². The molecule has 92 valence electrons. The third kappa shape index (κ3) is 4.01. The number of urea groups is 1. The normalized spacial score (nSPS) is 11.7. The molecule has 7 heteroatoms.